The lowest BCUT2D eigenvalue weighted by molar-refractivity contribution is -0.123. The molecule has 1 aromatic rings. The van der Waals surface area contributed by atoms with Crippen LogP contribution in [0.4, 0.5) is 0 Å². The van der Waals surface area contributed by atoms with Crippen molar-refractivity contribution < 1.29 is 9.53 Å². The number of carbonyl (C=O) groups excluding carboxylic acids is 1. The number of nitrogens with one attached hydrogen (secondary N) is 2. The minimum atomic E-state index is -0.533. The zero-order chi connectivity index (χ0) is 12.0. The molecule has 0 aliphatic rings. The van der Waals surface area contributed by atoms with Gasteiger partial charge < -0.3 is 15.8 Å². The molecule has 0 radical (unpaired) electrons. The Morgan fingerprint density at radius 1 is 1.75 bits per heavy atom. The summed E-state index contributed by atoms with van der Waals surface area (Å²) in [6, 6.07) is -0.630. The van der Waals surface area contributed by atoms with Crippen LogP contribution in [0, 0.1) is 0 Å². The standard InChI is InChI=1S/C10H18N4O2/c1-7(8-5-12-13-6-8)14-10(15)9(11)3-4-16-2/h5-7,9H,3-4,11H2,1-2H3,(H,12,13)(H,14,15). The van der Waals surface area contributed by atoms with Crippen molar-refractivity contribution in [3.8, 4) is 0 Å². The van der Waals surface area contributed by atoms with E-state index in [4.69, 9.17) is 10.5 Å². The molecule has 0 fully saturated rings. The van der Waals surface area contributed by atoms with Crippen molar-refractivity contribution in [3.63, 3.8) is 0 Å². The van der Waals surface area contributed by atoms with Crippen molar-refractivity contribution in [1.29, 1.82) is 0 Å². The van der Waals surface area contributed by atoms with Gasteiger partial charge in [-0.15, -0.1) is 0 Å². The third-order valence-electron chi connectivity index (χ3n) is 2.35. The Bertz CT molecular complexity index is 313. The summed E-state index contributed by atoms with van der Waals surface area (Å²) in [6.45, 7) is 2.36. The summed E-state index contributed by atoms with van der Waals surface area (Å²) in [5.41, 5.74) is 6.61. The van der Waals surface area contributed by atoms with Gasteiger partial charge in [0.1, 0.15) is 0 Å². The van der Waals surface area contributed by atoms with Crippen LogP contribution in [0.15, 0.2) is 12.4 Å². The van der Waals surface area contributed by atoms with E-state index in [2.05, 4.69) is 15.5 Å². The van der Waals surface area contributed by atoms with E-state index in [-0.39, 0.29) is 11.9 Å². The number of hydrogen-bond acceptors (Lipinski definition) is 4. The normalized spacial score (nSPS) is 14.4. The van der Waals surface area contributed by atoms with Crippen LogP contribution < -0.4 is 11.1 Å². The Labute approximate surface area is 94.5 Å². The average Bonchev–Trinajstić information content (AvgIpc) is 2.79. The lowest BCUT2D eigenvalue weighted by Gasteiger charge is -2.16. The van der Waals surface area contributed by atoms with Crippen LogP contribution in [-0.4, -0.2) is 35.9 Å². The average molecular weight is 226 g/mol. The Kier molecular flexibility index (Phi) is 4.94. The van der Waals surface area contributed by atoms with E-state index in [0.717, 1.165) is 5.56 Å². The first-order valence-electron chi connectivity index (χ1n) is 5.18. The SMILES string of the molecule is COCCC(N)C(=O)NC(C)c1cn[nH]c1. The van der Waals surface area contributed by atoms with Crippen LogP contribution in [-0.2, 0) is 9.53 Å². The van der Waals surface area contributed by atoms with Gasteiger partial charge in [-0.3, -0.25) is 9.89 Å². The maximum Gasteiger partial charge on any atom is 0.237 e. The van der Waals surface area contributed by atoms with E-state index in [1.165, 1.54) is 0 Å². The van der Waals surface area contributed by atoms with Crippen molar-refractivity contribution >= 4 is 5.91 Å². The zero-order valence-electron chi connectivity index (χ0n) is 9.56. The number of ether oxygens (including phenoxy) is 1. The molecule has 0 saturated heterocycles. The number of H-pyrrole nitrogens is 1. The van der Waals surface area contributed by atoms with Crippen LogP contribution in [0.3, 0.4) is 0 Å². The molecule has 90 valence electrons. The fraction of sp³-hybridized carbons (Fsp3) is 0.600. The Hall–Kier alpha value is -1.40. The van der Waals surface area contributed by atoms with Crippen molar-refractivity contribution in [3.05, 3.63) is 18.0 Å². The fourth-order valence-corrected chi connectivity index (χ4v) is 1.28. The Morgan fingerprint density at radius 3 is 3.06 bits per heavy atom. The summed E-state index contributed by atoms with van der Waals surface area (Å²) in [7, 11) is 1.58. The minimum absolute atomic E-state index is 0.0974. The molecule has 0 aliphatic heterocycles. The van der Waals surface area contributed by atoms with Crippen LogP contribution >= 0.6 is 0 Å². The molecular weight excluding hydrogens is 208 g/mol. The maximum atomic E-state index is 11.6. The molecule has 6 nitrogen and oxygen atoms in total. The monoisotopic (exact) mass is 226 g/mol. The summed E-state index contributed by atoms with van der Waals surface area (Å²) in [5.74, 6) is -0.175. The molecule has 0 aromatic carbocycles. The lowest BCUT2D eigenvalue weighted by atomic mass is 10.1. The molecule has 16 heavy (non-hydrogen) atoms. The summed E-state index contributed by atoms with van der Waals surface area (Å²) in [6.07, 6.45) is 3.93. The number of methoxy groups -OCH3 is 1. The number of amides is 1. The van der Waals surface area contributed by atoms with Gasteiger partial charge in [0, 0.05) is 25.5 Å². The number of aromatic nitrogens is 2. The molecular formula is C10H18N4O2. The predicted molar refractivity (Wildman–Crippen MR) is 59.6 cm³/mol. The van der Waals surface area contributed by atoms with Gasteiger partial charge in [-0.05, 0) is 13.3 Å². The van der Waals surface area contributed by atoms with E-state index < -0.39 is 6.04 Å². The van der Waals surface area contributed by atoms with E-state index in [1.54, 1.807) is 19.5 Å². The Balaban J connectivity index is 2.39. The first kappa shape index (κ1) is 12.7. The smallest absolute Gasteiger partial charge is 0.237 e. The highest BCUT2D eigenvalue weighted by Crippen LogP contribution is 2.09. The second-order valence-electron chi connectivity index (χ2n) is 3.65. The van der Waals surface area contributed by atoms with E-state index in [0.29, 0.717) is 13.0 Å². The quantitative estimate of drug-likeness (QED) is 0.634. The molecule has 1 heterocycles. The molecule has 2 unspecified atom stereocenters. The van der Waals surface area contributed by atoms with E-state index in [9.17, 15) is 4.79 Å². The molecule has 0 spiro atoms. The van der Waals surface area contributed by atoms with Gasteiger partial charge in [0.25, 0.3) is 0 Å². The first-order valence-corrected chi connectivity index (χ1v) is 5.18. The molecule has 0 bridgehead atoms. The van der Waals surface area contributed by atoms with Crippen LogP contribution in [0.1, 0.15) is 24.9 Å². The molecule has 1 rings (SSSR count). The van der Waals surface area contributed by atoms with Gasteiger partial charge >= 0.3 is 0 Å². The van der Waals surface area contributed by atoms with Gasteiger partial charge in [-0.25, -0.2) is 0 Å². The van der Waals surface area contributed by atoms with Gasteiger partial charge in [-0.2, -0.15) is 5.10 Å². The van der Waals surface area contributed by atoms with Crippen molar-refractivity contribution in [2.45, 2.75) is 25.4 Å². The highest BCUT2D eigenvalue weighted by Gasteiger charge is 2.16. The van der Waals surface area contributed by atoms with Gasteiger partial charge in [-0.1, -0.05) is 0 Å². The molecule has 0 aliphatic carbocycles. The second kappa shape index (κ2) is 6.24. The van der Waals surface area contributed by atoms with Crippen molar-refractivity contribution in [1.82, 2.24) is 15.5 Å². The van der Waals surface area contributed by atoms with Crippen LogP contribution in [0.25, 0.3) is 0 Å². The third-order valence-corrected chi connectivity index (χ3v) is 2.35. The number of carbonyl (C=O) groups is 1. The van der Waals surface area contributed by atoms with Crippen LogP contribution in [0.5, 0.6) is 0 Å². The molecule has 1 amide bonds. The third kappa shape index (κ3) is 3.63. The molecule has 0 saturated carbocycles. The molecule has 6 heteroatoms. The summed E-state index contributed by atoms with van der Waals surface area (Å²) in [5, 5.41) is 9.32. The number of nitrogens with two attached hydrogens (primary N) is 1. The molecule has 4 N–H and O–H groups in total. The second-order valence-corrected chi connectivity index (χ2v) is 3.65. The van der Waals surface area contributed by atoms with Gasteiger partial charge in [0.05, 0.1) is 18.3 Å². The van der Waals surface area contributed by atoms with Crippen LogP contribution in [0.2, 0.25) is 0 Å². The predicted octanol–water partition coefficient (Wildman–Crippen LogP) is -0.0493. The lowest BCUT2D eigenvalue weighted by Crippen LogP contribution is -2.42. The summed E-state index contributed by atoms with van der Waals surface area (Å²) >= 11 is 0. The van der Waals surface area contributed by atoms with Crippen molar-refractivity contribution in [2.75, 3.05) is 13.7 Å². The highest BCUT2D eigenvalue weighted by molar-refractivity contribution is 5.81. The Morgan fingerprint density at radius 2 is 2.50 bits per heavy atom. The van der Waals surface area contributed by atoms with Gasteiger partial charge in [0.2, 0.25) is 5.91 Å². The van der Waals surface area contributed by atoms with E-state index >= 15 is 0 Å². The van der Waals surface area contributed by atoms with E-state index in [1.807, 2.05) is 6.92 Å². The highest BCUT2D eigenvalue weighted by atomic mass is 16.5. The fourth-order valence-electron chi connectivity index (χ4n) is 1.28. The molecule has 1 aromatic heterocycles. The number of hydrogen-bond donors (Lipinski definition) is 3. The number of rotatable bonds is 6. The molecule has 2 atom stereocenters. The summed E-state index contributed by atoms with van der Waals surface area (Å²) in [4.78, 5) is 11.6. The largest absolute Gasteiger partial charge is 0.385 e. The number of aromatic amines is 1. The van der Waals surface area contributed by atoms with Crippen molar-refractivity contribution in [2.24, 2.45) is 5.73 Å². The first-order chi connectivity index (χ1) is 7.65. The van der Waals surface area contributed by atoms with Gasteiger partial charge in [0.15, 0.2) is 0 Å². The number of nitrogens with zero attached hydrogens (tertiary/aromatic N) is 1. The maximum absolute atomic E-state index is 11.6. The summed E-state index contributed by atoms with van der Waals surface area (Å²) < 4.78 is 4.86. The topological polar surface area (TPSA) is 93.0 Å². The minimum Gasteiger partial charge on any atom is -0.385 e. The zero-order valence-corrected chi connectivity index (χ0v) is 9.56.